The first-order chi connectivity index (χ1) is 11.6. The average Bonchev–Trinajstić information content (AvgIpc) is 2.59. The van der Waals surface area contributed by atoms with E-state index in [1.807, 2.05) is 0 Å². The number of halogens is 2. The summed E-state index contributed by atoms with van der Waals surface area (Å²) in [4.78, 5) is 11.9. The van der Waals surface area contributed by atoms with Gasteiger partial charge in [-0.2, -0.15) is 8.78 Å². The molecule has 1 N–H and O–H groups in total. The van der Waals surface area contributed by atoms with Crippen LogP contribution in [0.2, 0.25) is 0 Å². The third kappa shape index (κ3) is 5.12. The van der Waals surface area contributed by atoms with Gasteiger partial charge in [0, 0.05) is 12.1 Å². The van der Waals surface area contributed by atoms with Crippen molar-refractivity contribution in [1.29, 1.82) is 0 Å². The lowest BCUT2D eigenvalue weighted by Gasteiger charge is -2.12. The highest BCUT2D eigenvalue weighted by Crippen LogP contribution is 2.25. The molecule has 0 aromatic heterocycles. The van der Waals surface area contributed by atoms with Crippen molar-refractivity contribution in [2.24, 2.45) is 0 Å². The molecule has 1 amide bonds. The lowest BCUT2D eigenvalue weighted by atomic mass is 10.2. The van der Waals surface area contributed by atoms with Gasteiger partial charge in [0.25, 0.3) is 5.91 Å². The Morgan fingerprint density at radius 2 is 1.67 bits per heavy atom. The number of ether oxygens (including phenoxy) is 3. The van der Waals surface area contributed by atoms with Gasteiger partial charge in [-0.25, -0.2) is 0 Å². The first-order valence-electron chi connectivity index (χ1n) is 7.15. The molecule has 2 aromatic carbocycles. The Balaban J connectivity index is 1.87. The summed E-state index contributed by atoms with van der Waals surface area (Å²) in [5, 5.41) is 2.59. The molecule has 0 saturated carbocycles. The highest BCUT2D eigenvalue weighted by atomic mass is 19.3. The molecule has 0 aliphatic heterocycles. The van der Waals surface area contributed by atoms with E-state index in [-0.39, 0.29) is 18.9 Å². The fourth-order valence-corrected chi connectivity index (χ4v) is 1.99. The number of nitrogens with one attached hydrogen (secondary N) is 1. The van der Waals surface area contributed by atoms with E-state index in [9.17, 15) is 13.6 Å². The zero-order valence-corrected chi connectivity index (χ0v) is 13.0. The summed E-state index contributed by atoms with van der Waals surface area (Å²) in [6, 6.07) is 13.2. The molecular weight excluding hydrogens is 320 g/mol. The first-order valence-corrected chi connectivity index (χ1v) is 7.15. The maximum atomic E-state index is 12.3. The second kappa shape index (κ2) is 8.71. The maximum absolute atomic E-state index is 12.3. The zero-order valence-electron chi connectivity index (χ0n) is 13.0. The van der Waals surface area contributed by atoms with Gasteiger partial charge in [-0.15, -0.1) is 0 Å². The van der Waals surface area contributed by atoms with Crippen LogP contribution in [0, 0.1) is 0 Å². The van der Waals surface area contributed by atoms with E-state index in [0.29, 0.717) is 17.1 Å². The third-order valence-corrected chi connectivity index (χ3v) is 3.09. The number of methoxy groups -OCH3 is 1. The van der Waals surface area contributed by atoms with Gasteiger partial charge in [0.15, 0.2) is 18.1 Å². The number of alkyl halides is 2. The van der Waals surface area contributed by atoms with Gasteiger partial charge in [-0.1, -0.05) is 30.3 Å². The van der Waals surface area contributed by atoms with Crippen molar-refractivity contribution in [2.75, 3.05) is 13.7 Å². The van der Waals surface area contributed by atoms with Gasteiger partial charge in [0.2, 0.25) is 0 Å². The molecule has 0 unspecified atom stereocenters. The Labute approximate surface area is 138 Å². The largest absolute Gasteiger partial charge is 0.493 e. The normalized spacial score (nSPS) is 10.3. The van der Waals surface area contributed by atoms with E-state index in [4.69, 9.17) is 9.47 Å². The van der Waals surface area contributed by atoms with Gasteiger partial charge in [0.1, 0.15) is 5.75 Å². The second-order valence-corrected chi connectivity index (χ2v) is 4.70. The number of carbonyl (C=O) groups excluding carboxylic acids is 1. The zero-order chi connectivity index (χ0) is 17.4. The molecule has 5 nitrogen and oxygen atoms in total. The molecule has 7 heteroatoms. The van der Waals surface area contributed by atoms with Crippen molar-refractivity contribution in [2.45, 2.75) is 13.2 Å². The first kappa shape index (κ1) is 17.5. The molecule has 0 spiro atoms. The molecule has 0 radical (unpaired) electrons. The number of hydrogen-bond acceptors (Lipinski definition) is 4. The summed E-state index contributed by atoms with van der Waals surface area (Å²) in [6.45, 7) is -3.09. The predicted octanol–water partition coefficient (Wildman–Crippen LogP) is 2.99. The van der Waals surface area contributed by atoms with E-state index in [0.717, 1.165) is 0 Å². The topological polar surface area (TPSA) is 56.8 Å². The Kier molecular flexibility index (Phi) is 6.36. The molecule has 2 rings (SSSR count). The summed E-state index contributed by atoms with van der Waals surface area (Å²) in [7, 11) is 1.50. The van der Waals surface area contributed by atoms with E-state index < -0.39 is 12.5 Å². The molecule has 0 aliphatic rings. The Morgan fingerprint density at radius 3 is 2.33 bits per heavy atom. The Morgan fingerprint density at radius 1 is 1.04 bits per heavy atom. The molecule has 0 bridgehead atoms. The van der Waals surface area contributed by atoms with Crippen LogP contribution in [-0.2, 0) is 11.3 Å². The van der Waals surface area contributed by atoms with Gasteiger partial charge < -0.3 is 19.5 Å². The number of carbonyl (C=O) groups is 1. The molecular formula is C17H17F2NO4. The molecule has 0 aliphatic carbocycles. The minimum absolute atomic E-state index is 0.0263. The smallest absolute Gasteiger partial charge is 0.387 e. The molecule has 0 fully saturated rings. The van der Waals surface area contributed by atoms with Gasteiger partial charge in [-0.3, -0.25) is 4.79 Å². The summed E-state index contributed by atoms with van der Waals surface area (Å²) >= 11 is 0. The Bertz CT molecular complexity index is 679. The van der Waals surface area contributed by atoms with Crippen LogP contribution in [0.4, 0.5) is 8.78 Å². The van der Waals surface area contributed by atoms with Crippen LogP contribution in [0.5, 0.6) is 17.2 Å². The maximum Gasteiger partial charge on any atom is 0.387 e. The van der Waals surface area contributed by atoms with Crippen LogP contribution in [0.1, 0.15) is 5.56 Å². The predicted molar refractivity (Wildman–Crippen MR) is 83.4 cm³/mol. The summed E-state index contributed by atoms with van der Waals surface area (Å²) in [5.41, 5.74) is 0.448. The number of rotatable bonds is 8. The van der Waals surface area contributed by atoms with Crippen molar-refractivity contribution >= 4 is 5.91 Å². The standard InChI is InChI=1S/C17H17F2NO4/c1-22-14-8-4-5-9-15(14)23-11-16(21)20-10-12-6-2-3-7-13(12)24-17(18)19/h2-9,17H,10-11H2,1H3,(H,20,21). The van der Waals surface area contributed by atoms with E-state index in [2.05, 4.69) is 10.1 Å². The molecule has 0 heterocycles. The van der Waals surface area contributed by atoms with Crippen LogP contribution in [0.25, 0.3) is 0 Å². The van der Waals surface area contributed by atoms with Crippen LogP contribution >= 0.6 is 0 Å². The quantitative estimate of drug-likeness (QED) is 0.805. The van der Waals surface area contributed by atoms with Crippen molar-refractivity contribution in [3.63, 3.8) is 0 Å². The number of hydrogen-bond donors (Lipinski definition) is 1. The lowest BCUT2D eigenvalue weighted by molar-refractivity contribution is -0.123. The van der Waals surface area contributed by atoms with E-state index in [1.54, 1.807) is 42.5 Å². The highest BCUT2D eigenvalue weighted by Gasteiger charge is 2.11. The van der Waals surface area contributed by atoms with Gasteiger partial charge >= 0.3 is 6.61 Å². The number of benzene rings is 2. The van der Waals surface area contributed by atoms with Crippen LogP contribution in [0.15, 0.2) is 48.5 Å². The van der Waals surface area contributed by atoms with Crippen LogP contribution < -0.4 is 19.5 Å². The van der Waals surface area contributed by atoms with Crippen molar-refractivity contribution in [1.82, 2.24) is 5.32 Å². The fraction of sp³-hybridized carbons (Fsp3) is 0.235. The minimum atomic E-state index is -2.92. The van der Waals surface area contributed by atoms with Gasteiger partial charge in [0.05, 0.1) is 7.11 Å². The number of para-hydroxylation sites is 3. The summed E-state index contributed by atoms with van der Waals surface area (Å²) in [5.74, 6) is 0.587. The van der Waals surface area contributed by atoms with Crippen molar-refractivity contribution in [3.8, 4) is 17.2 Å². The fourth-order valence-electron chi connectivity index (χ4n) is 1.99. The van der Waals surface area contributed by atoms with Crippen molar-refractivity contribution in [3.05, 3.63) is 54.1 Å². The van der Waals surface area contributed by atoms with Crippen LogP contribution in [-0.4, -0.2) is 26.2 Å². The number of amides is 1. The Hall–Kier alpha value is -2.83. The van der Waals surface area contributed by atoms with E-state index >= 15 is 0 Å². The second-order valence-electron chi connectivity index (χ2n) is 4.70. The van der Waals surface area contributed by atoms with Crippen LogP contribution in [0.3, 0.4) is 0 Å². The summed E-state index contributed by atoms with van der Waals surface area (Å²) < 4.78 is 39.6. The molecule has 0 atom stereocenters. The molecule has 0 saturated heterocycles. The molecule has 128 valence electrons. The highest BCUT2D eigenvalue weighted by molar-refractivity contribution is 5.77. The average molecular weight is 337 g/mol. The SMILES string of the molecule is COc1ccccc1OCC(=O)NCc1ccccc1OC(F)F. The lowest BCUT2D eigenvalue weighted by Crippen LogP contribution is -2.28. The summed E-state index contributed by atoms with van der Waals surface area (Å²) in [6.07, 6.45) is 0. The van der Waals surface area contributed by atoms with E-state index in [1.165, 1.54) is 13.2 Å². The molecule has 2 aromatic rings. The molecule has 24 heavy (non-hydrogen) atoms. The van der Waals surface area contributed by atoms with Gasteiger partial charge in [-0.05, 0) is 18.2 Å². The third-order valence-electron chi connectivity index (χ3n) is 3.09. The monoisotopic (exact) mass is 337 g/mol. The minimum Gasteiger partial charge on any atom is -0.493 e. The van der Waals surface area contributed by atoms with Crippen molar-refractivity contribution < 1.29 is 27.8 Å².